The summed E-state index contributed by atoms with van der Waals surface area (Å²) in [6, 6.07) is 0. The minimum Gasteiger partial charge on any atom is -0.341 e. The number of piperidine rings is 1. The lowest BCUT2D eigenvalue weighted by Gasteiger charge is -2.32. The first-order valence-electron chi connectivity index (χ1n) is 6.61. The Kier molecular flexibility index (Phi) is 6.40. The van der Waals surface area contributed by atoms with E-state index in [-0.39, 0.29) is 4.83 Å². The Morgan fingerprint density at radius 3 is 2.88 bits per heavy atom. The summed E-state index contributed by atoms with van der Waals surface area (Å²) in [6.45, 7) is 6.40. The monoisotopic (exact) mass is 289 g/mol. The van der Waals surface area contributed by atoms with Crippen LogP contribution in [0.2, 0.25) is 0 Å². The second-order valence-electron chi connectivity index (χ2n) is 4.81. The third-order valence-corrected chi connectivity index (χ3v) is 4.34. The summed E-state index contributed by atoms with van der Waals surface area (Å²) in [5.74, 6) is 1.00. The third-order valence-electron chi connectivity index (χ3n) is 3.49. The van der Waals surface area contributed by atoms with Gasteiger partial charge in [0, 0.05) is 13.1 Å². The van der Waals surface area contributed by atoms with Crippen LogP contribution in [-0.4, -0.2) is 28.7 Å². The van der Waals surface area contributed by atoms with E-state index in [0.29, 0.717) is 11.8 Å². The number of carbonyl (C=O) groups excluding carboxylic acids is 1. The van der Waals surface area contributed by atoms with Crippen LogP contribution >= 0.6 is 15.9 Å². The Morgan fingerprint density at radius 1 is 1.50 bits per heavy atom. The van der Waals surface area contributed by atoms with Crippen LogP contribution in [0.4, 0.5) is 0 Å². The van der Waals surface area contributed by atoms with Gasteiger partial charge in [-0.2, -0.15) is 0 Å². The van der Waals surface area contributed by atoms with Gasteiger partial charge < -0.3 is 4.90 Å². The topological polar surface area (TPSA) is 20.3 Å². The van der Waals surface area contributed by atoms with Crippen LogP contribution in [0, 0.1) is 5.92 Å². The molecule has 16 heavy (non-hydrogen) atoms. The summed E-state index contributed by atoms with van der Waals surface area (Å²) in [5.41, 5.74) is 0. The molecule has 1 amide bonds. The van der Waals surface area contributed by atoms with Crippen molar-refractivity contribution in [3.05, 3.63) is 0 Å². The number of rotatable bonds is 6. The molecule has 0 aromatic rings. The lowest BCUT2D eigenvalue weighted by Crippen LogP contribution is -2.44. The largest absolute Gasteiger partial charge is 0.341 e. The fourth-order valence-corrected chi connectivity index (χ4v) is 2.92. The second-order valence-corrected chi connectivity index (χ2v) is 5.92. The standard InChI is InChI=1S/C13H24BrNO/c1-3-5-7-11(4-2)10-15-9-6-8-12(14)13(15)16/h11-12H,3-10H2,1-2H3. The van der Waals surface area contributed by atoms with Crippen LogP contribution in [0.5, 0.6) is 0 Å². The third kappa shape index (κ3) is 4.08. The Balaban J connectivity index is 2.40. The van der Waals surface area contributed by atoms with E-state index in [4.69, 9.17) is 0 Å². The minimum absolute atomic E-state index is 0.0740. The van der Waals surface area contributed by atoms with Gasteiger partial charge in [0.05, 0.1) is 4.83 Å². The predicted octanol–water partition coefficient (Wildman–Crippen LogP) is 3.59. The minimum atomic E-state index is 0.0740. The fourth-order valence-electron chi connectivity index (χ4n) is 2.30. The smallest absolute Gasteiger partial charge is 0.236 e. The molecular weight excluding hydrogens is 266 g/mol. The van der Waals surface area contributed by atoms with Gasteiger partial charge >= 0.3 is 0 Å². The molecule has 1 heterocycles. The number of hydrogen-bond donors (Lipinski definition) is 0. The normalized spacial score (nSPS) is 23.6. The highest BCUT2D eigenvalue weighted by molar-refractivity contribution is 9.10. The average Bonchev–Trinajstić information content (AvgIpc) is 2.30. The number of likely N-dealkylation sites (tertiary alicyclic amines) is 1. The van der Waals surface area contributed by atoms with Gasteiger partial charge in [0.2, 0.25) is 5.91 Å². The molecule has 0 N–H and O–H groups in total. The lowest BCUT2D eigenvalue weighted by molar-refractivity contribution is -0.133. The zero-order valence-electron chi connectivity index (χ0n) is 10.5. The number of carbonyl (C=O) groups is 1. The van der Waals surface area contributed by atoms with Crippen molar-refractivity contribution in [2.45, 2.75) is 57.2 Å². The number of nitrogens with zero attached hydrogens (tertiary/aromatic N) is 1. The Hall–Kier alpha value is -0.0500. The summed E-state index contributed by atoms with van der Waals surface area (Å²) < 4.78 is 0. The quantitative estimate of drug-likeness (QED) is 0.685. The summed E-state index contributed by atoms with van der Waals surface area (Å²) in [5, 5.41) is 0. The molecular formula is C13H24BrNO. The van der Waals surface area contributed by atoms with E-state index in [1.54, 1.807) is 0 Å². The zero-order chi connectivity index (χ0) is 12.0. The van der Waals surface area contributed by atoms with Crippen LogP contribution < -0.4 is 0 Å². The molecule has 1 aliphatic heterocycles. The van der Waals surface area contributed by atoms with Gasteiger partial charge in [-0.05, 0) is 25.2 Å². The van der Waals surface area contributed by atoms with E-state index in [9.17, 15) is 4.79 Å². The summed E-state index contributed by atoms with van der Waals surface area (Å²) in [4.78, 5) is 14.1. The molecule has 2 nitrogen and oxygen atoms in total. The molecule has 0 spiro atoms. The van der Waals surface area contributed by atoms with Crippen molar-refractivity contribution in [3.63, 3.8) is 0 Å². The van der Waals surface area contributed by atoms with Gasteiger partial charge in [-0.15, -0.1) is 0 Å². The highest BCUT2D eigenvalue weighted by Crippen LogP contribution is 2.22. The van der Waals surface area contributed by atoms with Gasteiger partial charge in [-0.3, -0.25) is 4.79 Å². The van der Waals surface area contributed by atoms with Crippen molar-refractivity contribution in [2.24, 2.45) is 5.92 Å². The molecule has 1 rings (SSSR count). The number of hydrogen-bond acceptors (Lipinski definition) is 1. The van der Waals surface area contributed by atoms with Crippen molar-refractivity contribution < 1.29 is 4.79 Å². The van der Waals surface area contributed by atoms with E-state index >= 15 is 0 Å². The molecule has 94 valence electrons. The summed E-state index contributed by atoms with van der Waals surface area (Å²) in [7, 11) is 0. The number of alkyl halides is 1. The lowest BCUT2D eigenvalue weighted by atomic mass is 9.97. The molecule has 1 aliphatic rings. The molecule has 2 atom stereocenters. The van der Waals surface area contributed by atoms with Crippen LogP contribution in [0.3, 0.4) is 0 Å². The van der Waals surface area contributed by atoms with Crippen molar-refractivity contribution >= 4 is 21.8 Å². The van der Waals surface area contributed by atoms with E-state index < -0.39 is 0 Å². The fraction of sp³-hybridized carbons (Fsp3) is 0.923. The molecule has 0 aliphatic carbocycles. The summed E-state index contributed by atoms with van der Waals surface area (Å²) in [6.07, 6.45) is 7.15. The molecule has 0 aromatic carbocycles. The zero-order valence-corrected chi connectivity index (χ0v) is 12.1. The van der Waals surface area contributed by atoms with E-state index in [2.05, 4.69) is 34.7 Å². The van der Waals surface area contributed by atoms with Gasteiger partial charge in [0.1, 0.15) is 0 Å². The van der Waals surface area contributed by atoms with E-state index in [0.717, 1.165) is 25.9 Å². The van der Waals surface area contributed by atoms with Crippen LogP contribution in [0.25, 0.3) is 0 Å². The Bertz CT molecular complexity index is 220. The molecule has 0 aromatic heterocycles. The van der Waals surface area contributed by atoms with Gasteiger partial charge in [-0.1, -0.05) is 49.0 Å². The van der Waals surface area contributed by atoms with Crippen molar-refractivity contribution in [1.29, 1.82) is 0 Å². The second kappa shape index (κ2) is 7.31. The van der Waals surface area contributed by atoms with Crippen LogP contribution in [0.15, 0.2) is 0 Å². The van der Waals surface area contributed by atoms with Gasteiger partial charge in [-0.25, -0.2) is 0 Å². The molecule has 0 saturated carbocycles. The SMILES string of the molecule is CCCCC(CC)CN1CCCC(Br)C1=O. The molecule has 1 saturated heterocycles. The number of unbranched alkanes of at least 4 members (excludes halogenated alkanes) is 1. The van der Waals surface area contributed by atoms with Crippen LogP contribution in [0.1, 0.15) is 52.4 Å². The van der Waals surface area contributed by atoms with Crippen molar-refractivity contribution in [2.75, 3.05) is 13.1 Å². The maximum atomic E-state index is 11.9. The maximum absolute atomic E-state index is 11.9. The molecule has 3 heteroatoms. The highest BCUT2D eigenvalue weighted by Gasteiger charge is 2.27. The predicted molar refractivity (Wildman–Crippen MR) is 71.8 cm³/mol. The molecule has 0 bridgehead atoms. The first-order chi connectivity index (χ1) is 7.69. The highest BCUT2D eigenvalue weighted by atomic mass is 79.9. The van der Waals surface area contributed by atoms with E-state index in [1.165, 1.54) is 25.7 Å². The van der Waals surface area contributed by atoms with Crippen LogP contribution in [-0.2, 0) is 4.79 Å². The Labute approximate surface area is 108 Å². The number of amides is 1. The van der Waals surface area contributed by atoms with Gasteiger partial charge in [0.15, 0.2) is 0 Å². The van der Waals surface area contributed by atoms with Gasteiger partial charge in [0.25, 0.3) is 0 Å². The average molecular weight is 290 g/mol. The Morgan fingerprint density at radius 2 is 2.25 bits per heavy atom. The summed E-state index contributed by atoms with van der Waals surface area (Å²) >= 11 is 3.47. The van der Waals surface area contributed by atoms with Crippen molar-refractivity contribution in [3.8, 4) is 0 Å². The molecule has 0 radical (unpaired) electrons. The number of halogens is 1. The first kappa shape index (κ1) is 14.0. The van der Waals surface area contributed by atoms with Crippen molar-refractivity contribution in [1.82, 2.24) is 4.90 Å². The first-order valence-corrected chi connectivity index (χ1v) is 7.53. The van der Waals surface area contributed by atoms with E-state index in [1.807, 2.05) is 0 Å². The molecule has 2 unspecified atom stereocenters. The molecule has 1 fully saturated rings. The maximum Gasteiger partial charge on any atom is 0.236 e.